The molecule has 1 fully saturated rings. The molecule has 0 spiro atoms. The zero-order chi connectivity index (χ0) is 20.7. The summed E-state index contributed by atoms with van der Waals surface area (Å²) in [4.78, 5) is 12.3. The predicted molar refractivity (Wildman–Crippen MR) is 109 cm³/mol. The summed E-state index contributed by atoms with van der Waals surface area (Å²) in [5.41, 5.74) is -0.215. The maximum absolute atomic E-state index is 14.2. The lowest BCUT2D eigenvalue weighted by Crippen LogP contribution is -2.42. The second-order valence-corrected chi connectivity index (χ2v) is 10.0. The fourth-order valence-corrected chi connectivity index (χ4v) is 5.52. The SMILES string of the molecule is CCCCCCCNC(=O)c1cc(S(=O)(=O)N2CC(C)CC(C)C2)ccc1F. The molecular weight excluding hydrogens is 379 g/mol. The van der Waals surface area contributed by atoms with E-state index < -0.39 is 21.7 Å². The summed E-state index contributed by atoms with van der Waals surface area (Å²) in [5.74, 6) is -0.725. The van der Waals surface area contributed by atoms with Crippen LogP contribution in [0.3, 0.4) is 0 Å². The Kier molecular flexibility index (Phi) is 8.43. The number of rotatable bonds is 9. The Balaban J connectivity index is 2.08. The van der Waals surface area contributed by atoms with Gasteiger partial charge in [-0.2, -0.15) is 4.31 Å². The van der Waals surface area contributed by atoms with Crippen molar-refractivity contribution in [3.63, 3.8) is 0 Å². The van der Waals surface area contributed by atoms with Gasteiger partial charge in [0.2, 0.25) is 10.0 Å². The summed E-state index contributed by atoms with van der Waals surface area (Å²) in [6.07, 6.45) is 6.25. The summed E-state index contributed by atoms with van der Waals surface area (Å²) in [7, 11) is -3.75. The van der Waals surface area contributed by atoms with Gasteiger partial charge in [-0.25, -0.2) is 12.8 Å². The second-order valence-electron chi connectivity index (χ2n) is 8.08. The van der Waals surface area contributed by atoms with Crippen molar-refractivity contribution in [2.24, 2.45) is 11.8 Å². The molecule has 1 N–H and O–H groups in total. The van der Waals surface area contributed by atoms with E-state index in [-0.39, 0.29) is 22.3 Å². The van der Waals surface area contributed by atoms with E-state index >= 15 is 0 Å². The highest BCUT2D eigenvalue weighted by molar-refractivity contribution is 7.89. The molecule has 0 saturated carbocycles. The molecule has 0 bridgehead atoms. The molecule has 1 heterocycles. The minimum atomic E-state index is -3.75. The third kappa shape index (κ3) is 6.01. The van der Waals surface area contributed by atoms with Crippen LogP contribution in [0.25, 0.3) is 0 Å². The molecule has 2 atom stereocenters. The molecule has 0 aromatic heterocycles. The molecule has 0 radical (unpaired) electrons. The van der Waals surface area contributed by atoms with Crippen LogP contribution >= 0.6 is 0 Å². The van der Waals surface area contributed by atoms with Crippen molar-refractivity contribution in [2.45, 2.75) is 64.2 Å². The molecule has 28 heavy (non-hydrogen) atoms. The Morgan fingerprint density at radius 1 is 1.14 bits per heavy atom. The Labute approximate surface area is 168 Å². The number of piperidine rings is 1. The first-order valence-electron chi connectivity index (χ1n) is 10.3. The lowest BCUT2D eigenvalue weighted by Gasteiger charge is -2.34. The van der Waals surface area contributed by atoms with Crippen molar-refractivity contribution in [1.29, 1.82) is 0 Å². The molecule has 1 aliphatic rings. The molecule has 1 amide bonds. The fourth-order valence-electron chi connectivity index (χ4n) is 3.82. The number of amides is 1. The first-order chi connectivity index (χ1) is 13.3. The quantitative estimate of drug-likeness (QED) is 0.619. The first kappa shape index (κ1) is 22.8. The van der Waals surface area contributed by atoms with Gasteiger partial charge < -0.3 is 5.32 Å². The molecule has 7 heteroatoms. The van der Waals surface area contributed by atoms with Crippen molar-refractivity contribution in [3.8, 4) is 0 Å². The number of unbranched alkanes of at least 4 members (excludes halogenated alkanes) is 4. The van der Waals surface area contributed by atoms with Crippen LogP contribution in [-0.4, -0.2) is 38.3 Å². The summed E-state index contributed by atoms with van der Waals surface area (Å²) in [6, 6.07) is 3.48. The number of hydrogen-bond acceptors (Lipinski definition) is 3. The van der Waals surface area contributed by atoms with Crippen LogP contribution in [0.2, 0.25) is 0 Å². The second kappa shape index (κ2) is 10.3. The summed E-state index contributed by atoms with van der Waals surface area (Å²) in [6.45, 7) is 7.55. The zero-order valence-corrected chi connectivity index (χ0v) is 18.0. The highest BCUT2D eigenvalue weighted by Gasteiger charge is 2.32. The van der Waals surface area contributed by atoms with Crippen molar-refractivity contribution < 1.29 is 17.6 Å². The van der Waals surface area contributed by atoms with Gasteiger partial charge in [0.25, 0.3) is 5.91 Å². The van der Waals surface area contributed by atoms with E-state index in [1.807, 2.05) is 13.8 Å². The molecule has 1 aliphatic heterocycles. The van der Waals surface area contributed by atoms with E-state index in [2.05, 4.69) is 12.2 Å². The van der Waals surface area contributed by atoms with Gasteiger partial charge in [0.15, 0.2) is 0 Å². The number of benzene rings is 1. The van der Waals surface area contributed by atoms with Crippen LogP contribution in [0.1, 0.15) is 69.7 Å². The molecule has 0 aliphatic carbocycles. The highest BCUT2D eigenvalue weighted by Crippen LogP contribution is 2.27. The number of carbonyl (C=O) groups excluding carboxylic acids is 1. The van der Waals surface area contributed by atoms with Gasteiger partial charge >= 0.3 is 0 Å². The van der Waals surface area contributed by atoms with Crippen molar-refractivity contribution in [2.75, 3.05) is 19.6 Å². The molecule has 158 valence electrons. The van der Waals surface area contributed by atoms with E-state index in [4.69, 9.17) is 0 Å². The molecule has 1 aromatic rings. The maximum Gasteiger partial charge on any atom is 0.254 e. The van der Waals surface area contributed by atoms with Crippen molar-refractivity contribution in [1.82, 2.24) is 9.62 Å². The molecule has 1 aromatic carbocycles. The van der Waals surface area contributed by atoms with Crippen molar-refractivity contribution in [3.05, 3.63) is 29.6 Å². The number of sulfonamides is 1. The molecule has 2 unspecified atom stereocenters. The van der Waals surface area contributed by atoms with Gasteiger partial charge in [0.1, 0.15) is 5.82 Å². The van der Waals surface area contributed by atoms with Crippen LogP contribution < -0.4 is 5.32 Å². The Morgan fingerprint density at radius 3 is 2.43 bits per heavy atom. The van der Waals surface area contributed by atoms with Crippen LogP contribution in [0.5, 0.6) is 0 Å². The lowest BCUT2D eigenvalue weighted by molar-refractivity contribution is 0.0948. The standard InChI is InChI=1S/C21H33FN2O3S/c1-4-5-6-7-8-11-23-21(25)19-13-18(9-10-20(19)22)28(26,27)24-14-16(2)12-17(3)15-24/h9-10,13,16-17H,4-8,11-12,14-15H2,1-3H3,(H,23,25). The number of hydrogen-bond donors (Lipinski definition) is 1. The van der Waals surface area contributed by atoms with Crippen LogP contribution in [-0.2, 0) is 10.0 Å². The summed E-state index contributed by atoms with van der Waals surface area (Å²) in [5, 5.41) is 2.70. The van der Waals surface area contributed by atoms with E-state index in [0.717, 1.165) is 44.6 Å². The normalized spacial score (nSPS) is 20.9. The lowest BCUT2D eigenvalue weighted by atomic mass is 9.94. The molecule has 1 saturated heterocycles. The average molecular weight is 413 g/mol. The van der Waals surface area contributed by atoms with Gasteiger partial charge in [-0.15, -0.1) is 0 Å². The highest BCUT2D eigenvalue weighted by atomic mass is 32.2. The molecule has 2 rings (SSSR count). The zero-order valence-electron chi connectivity index (χ0n) is 17.2. The third-order valence-corrected chi connectivity index (χ3v) is 7.05. The number of nitrogens with one attached hydrogen (secondary N) is 1. The smallest absolute Gasteiger partial charge is 0.254 e. The summed E-state index contributed by atoms with van der Waals surface area (Å²) < 4.78 is 41.6. The molecule has 5 nitrogen and oxygen atoms in total. The Morgan fingerprint density at radius 2 is 1.79 bits per heavy atom. The van der Waals surface area contributed by atoms with Gasteiger partial charge in [-0.3, -0.25) is 4.79 Å². The first-order valence-corrected chi connectivity index (χ1v) is 11.8. The number of halogens is 1. The molecular formula is C21H33FN2O3S. The van der Waals surface area contributed by atoms with E-state index in [0.29, 0.717) is 19.6 Å². The van der Waals surface area contributed by atoms with Crippen molar-refractivity contribution >= 4 is 15.9 Å². The number of carbonyl (C=O) groups is 1. The maximum atomic E-state index is 14.2. The van der Waals surface area contributed by atoms with E-state index in [1.165, 1.54) is 16.4 Å². The van der Waals surface area contributed by atoms with Gasteiger partial charge in [-0.05, 0) is 42.9 Å². The summed E-state index contributed by atoms with van der Waals surface area (Å²) >= 11 is 0. The van der Waals surface area contributed by atoms with E-state index in [9.17, 15) is 17.6 Å². The van der Waals surface area contributed by atoms with Gasteiger partial charge in [0.05, 0.1) is 10.5 Å². The van der Waals surface area contributed by atoms with Crippen LogP contribution in [0, 0.1) is 17.7 Å². The van der Waals surface area contributed by atoms with Crippen LogP contribution in [0.15, 0.2) is 23.1 Å². The third-order valence-electron chi connectivity index (χ3n) is 5.22. The Bertz CT molecular complexity index is 757. The Hall–Kier alpha value is -1.47. The van der Waals surface area contributed by atoms with Crippen LogP contribution in [0.4, 0.5) is 4.39 Å². The average Bonchev–Trinajstić information content (AvgIpc) is 2.63. The minimum absolute atomic E-state index is 0.0247. The van der Waals surface area contributed by atoms with Gasteiger partial charge in [-0.1, -0.05) is 46.5 Å². The monoisotopic (exact) mass is 412 g/mol. The predicted octanol–water partition coefficient (Wildman–Crippen LogP) is 4.19. The fraction of sp³-hybridized carbons (Fsp3) is 0.667. The van der Waals surface area contributed by atoms with Gasteiger partial charge in [0, 0.05) is 19.6 Å². The largest absolute Gasteiger partial charge is 0.352 e. The number of nitrogens with zero attached hydrogens (tertiary/aromatic N) is 1. The topological polar surface area (TPSA) is 66.5 Å². The van der Waals surface area contributed by atoms with E-state index in [1.54, 1.807) is 0 Å². The minimum Gasteiger partial charge on any atom is -0.352 e.